The molecule has 1 atom stereocenters. The Morgan fingerprint density at radius 2 is 1.95 bits per heavy atom. The summed E-state index contributed by atoms with van der Waals surface area (Å²) < 4.78 is 27.0. The van der Waals surface area contributed by atoms with Gasteiger partial charge >= 0.3 is 0 Å². The van der Waals surface area contributed by atoms with Crippen LogP contribution in [0.2, 0.25) is 0 Å². The number of sulfonamides is 1. The monoisotopic (exact) mass is 285 g/mol. The molecule has 19 heavy (non-hydrogen) atoms. The Labute approximate surface area is 113 Å². The SMILES string of the molecule is Cc1ccc(N)c(C)c1S(=O)(=O)NC(C)CC(N)=O. The van der Waals surface area contributed by atoms with Crippen molar-refractivity contribution in [2.45, 2.75) is 38.1 Å². The normalized spacial score (nSPS) is 13.2. The van der Waals surface area contributed by atoms with Gasteiger partial charge in [0.2, 0.25) is 15.9 Å². The Kier molecular flexibility index (Phi) is 4.54. The number of benzene rings is 1. The summed E-state index contributed by atoms with van der Waals surface area (Å²) in [6, 6.07) is 2.74. The van der Waals surface area contributed by atoms with Crippen LogP contribution in [0, 0.1) is 13.8 Å². The minimum Gasteiger partial charge on any atom is -0.398 e. The Morgan fingerprint density at radius 1 is 1.37 bits per heavy atom. The van der Waals surface area contributed by atoms with E-state index in [-0.39, 0.29) is 11.3 Å². The summed E-state index contributed by atoms with van der Waals surface area (Å²) in [5, 5.41) is 0. The fourth-order valence-corrected chi connectivity index (χ4v) is 3.67. The van der Waals surface area contributed by atoms with Gasteiger partial charge in [0.15, 0.2) is 0 Å². The van der Waals surface area contributed by atoms with Gasteiger partial charge in [0.05, 0.1) is 4.90 Å². The maximum Gasteiger partial charge on any atom is 0.241 e. The third kappa shape index (κ3) is 3.68. The molecule has 0 aliphatic carbocycles. The highest BCUT2D eigenvalue weighted by molar-refractivity contribution is 7.89. The highest BCUT2D eigenvalue weighted by Gasteiger charge is 2.23. The van der Waals surface area contributed by atoms with Gasteiger partial charge in [-0.05, 0) is 38.0 Å². The quantitative estimate of drug-likeness (QED) is 0.680. The van der Waals surface area contributed by atoms with Gasteiger partial charge in [-0.3, -0.25) is 4.79 Å². The summed E-state index contributed by atoms with van der Waals surface area (Å²) in [4.78, 5) is 10.9. The number of hydrogen-bond acceptors (Lipinski definition) is 4. The van der Waals surface area contributed by atoms with Crippen LogP contribution >= 0.6 is 0 Å². The molecule has 0 radical (unpaired) electrons. The lowest BCUT2D eigenvalue weighted by Crippen LogP contribution is -2.36. The summed E-state index contributed by atoms with van der Waals surface area (Å²) in [7, 11) is -3.73. The number of primary amides is 1. The molecule has 0 aliphatic rings. The van der Waals surface area contributed by atoms with Crippen molar-refractivity contribution in [1.29, 1.82) is 0 Å². The first-order valence-electron chi connectivity index (χ1n) is 5.81. The van der Waals surface area contributed by atoms with Gasteiger partial charge in [0, 0.05) is 18.2 Å². The average molecular weight is 285 g/mol. The van der Waals surface area contributed by atoms with Crippen LogP contribution in [0.4, 0.5) is 5.69 Å². The molecule has 1 unspecified atom stereocenters. The van der Waals surface area contributed by atoms with E-state index in [9.17, 15) is 13.2 Å². The third-order valence-corrected chi connectivity index (χ3v) is 4.66. The first-order chi connectivity index (χ1) is 8.65. The smallest absolute Gasteiger partial charge is 0.241 e. The van der Waals surface area contributed by atoms with E-state index < -0.39 is 22.0 Å². The zero-order chi connectivity index (χ0) is 14.8. The van der Waals surface area contributed by atoms with E-state index in [2.05, 4.69) is 4.72 Å². The predicted octanol–water partition coefficient (Wildman–Crippen LogP) is 0.428. The van der Waals surface area contributed by atoms with Crippen LogP contribution in [0.5, 0.6) is 0 Å². The van der Waals surface area contributed by atoms with Crippen LogP contribution in [0.15, 0.2) is 17.0 Å². The van der Waals surface area contributed by atoms with Crippen molar-refractivity contribution in [2.24, 2.45) is 5.73 Å². The molecule has 7 heteroatoms. The van der Waals surface area contributed by atoms with Gasteiger partial charge < -0.3 is 11.5 Å². The van der Waals surface area contributed by atoms with Crippen LogP contribution in [-0.2, 0) is 14.8 Å². The molecule has 6 nitrogen and oxygen atoms in total. The molecule has 5 N–H and O–H groups in total. The minimum atomic E-state index is -3.73. The van der Waals surface area contributed by atoms with Crippen molar-refractivity contribution in [1.82, 2.24) is 4.72 Å². The molecular weight excluding hydrogens is 266 g/mol. The molecule has 0 aliphatic heterocycles. The molecule has 106 valence electrons. The van der Waals surface area contributed by atoms with Crippen LogP contribution in [0.25, 0.3) is 0 Å². The van der Waals surface area contributed by atoms with E-state index >= 15 is 0 Å². The lowest BCUT2D eigenvalue weighted by molar-refractivity contribution is -0.118. The van der Waals surface area contributed by atoms with Gasteiger partial charge in [0.25, 0.3) is 0 Å². The van der Waals surface area contributed by atoms with E-state index in [1.54, 1.807) is 32.9 Å². The summed E-state index contributed by atoms with van der Waals surface area (Å²) in [6.45, 7) is 4.93. The molecular formula is C12H19N3O3S. The Balaban J connectivity index is 3.15. The molecule has 1 rings (SSSR count). The second-order valence-corrected chi connectivity index (χ2v) is 6.27. The van der Waals surface area contributed by atoms with Gasteiger partial charge in [-0.15, -0.1) is 0 Å². The van der Waals surface area contributed by atoms with Gasteiger partial charge in [-0.2, -0.15) is 0 Å². The van der Waals surface area contributed by atoms with Gasteiger partial charge in [-0.1, -0.05) is 6.07 Å². The fourth-order valence-electron chi connectivity index (χ4n) is 1.92. The summed E-state index contributed by atoms with van der Waals surface area (Å²) in [5.74, 6) is -0.559. The summed E-state index contributed by atoms with van der Waals surface area (Å²) >= 11 is 0. The Morgan fingerprint density at radius 3 is 2.47 bits per heavy atom. The molecule has 0 spiro atoms. The van der Waals surface area contributed by atoms with Gasteiger partial charge in [-0.25, -0.2) is 13.1 Å². The van der Waals surface area contributed by atoms with E-state index in [0.29, 0.717) is 16.8 Å². The van der Waals surface area contributed by atoms with Crippen molar-refractivity contribution in [2.75, 3.05) is 5.73 Å². The maximum atomic E-state index is 12.3. The van der Waals surface area contributed by atoms with Crippen molar-refractivity contribution in [3.8, 4) is 0 Å². The second kappa shape index (κ2) is 5.58. The first kappa shape index (κ1) is 15.5. The topological polar surface area (TPSA) is 115 Å². The predicted molar refractivity (Wildman–Crippen MR) is 73.9 cm³/mol. The van der Waals surface area contributed by atoms with Crippen LogP contribution < -0.4 is 16.2 Å². The number of aryl methyl sites for hydroxylation is 1. The highest BCUT2D eigenvalue weighted by Crippen LogP contribution is 2.24. The molecule has 0 heterocycles. The Hall–Kier alpha value is -1.60. The van der Waals surface area contributed by atoms with Crippen molar-refractivity contribution >= 4 is 21.6 Å². The zero-order valence-electron chi connectivity index (χ0n) is 11.2. The van der Waals surface area contributed by atoms with Crippen LogP contribution in [0.1, 0.15) is 24.5 Å². The Bertz CT molecular complexity index is 596. The molecule has 0 fully saturated rings. The minimum absolute atomic E-state index is 0.0559. The number of carbonyl (C=O) groups is 1. The molecule has 1 amide bonds. The molecule has 0 saturated heterocycles. The van der Waals surface area contributed by atoms with E-state index in [1.165, 1.54) is 0 Å². The fraction of sp³-hybridized carbons (Fsp3) is 0.417. The third-order valence-electron chi connectivity index (χ3n) is 2.78. The van der Waals surface area contributed by atoms with Crippen molar-refractivity contribution in [3.05, 3.63) is 23.3 Å². The maximum absolute atomic E-state index is 12.3. The molecule has 0 saturated carbocycles. The van der Waals surface area contributed by atoms with Crippen molar-refractivity contribution in [3.63, 3.8) is 0 Å². The molecule has 0 bridgehead atoms. The van der Waals surface area contributed by atoms with Crippen LogP contribution in [-0.4, -0.2) is 20.4 Å². The van der Waals surface area contributed by atoms with E-state index in [1.807, 2.05) is 0 Å². The molecule has 0 aromatic heterocycles. The first-order valence-corrected chi connectivity index (χ1v) is 7.29. The lowest BCUT2D eigenvalue weighted by atomic mass is 10.1. The van der Waals surface area contributed by atoms with Crippen molar-refractivity contribution < 1.29 is 13.2 Å². The largest absolute Gasteiger partial charge is 0.398 e. The second-order valence-electron chi connectivity index (χ2n) is 4.62. The molecule has 1 aromatic rings. The number of amides is 1. The summed E-state index contributed by atoms with van der Waals surface area (Å²) in [6.07, 6.45) is -0.0559. The highest BCUT2D eigenvalue weighted by atomic mass is 32.2. The average Bonchev–Trinajstić information content (AvgIpc) is 2.21. The number of nitrogens with two attached hydrogens (primary N) is 2. The van der Waals surface area contributed by atoms with E-state index in [0.717, 1.165) is 0 Å². The number of hydrogen-bond donors (Lipinski definition) is 3. The van der Waals surface area contributed by atoms with Crippen LogP contribution in [0.3, 0.4) is 0 Å². The number of carbonyl (C=O) groups excluding carboxylic acids is 1. The number of anilines is 1. The standard InChI is InChI=1S/C12H19N3O3S/c1-7-4-5-10(13)9(3)12(7)19(17,18)15-8(2)6-11(14)16/h4-5,8,15H,6,13H2,1-3H3,(H2,14,16). The lowest BCUT2D eigenvalue weighted by Gasteiger charge is -2.16. The number of nitrogen functional groups attached to an aromatic ring is 1. The number of rotatable bonds is 5. The van der Waals surface area contributed by atoms with Gasteiger partial charge in [0.1, 0.15) is 0 Å². The van der Waals surface area contributed by atoms with E-state index in [4.69, 9.17) is 11.5 Å². The zero-order valence-corrected chi connectivity index (χ0v) is 12.0. The summed E-state index contributed by atoms with van der Waals surface area (Å²) in [5.41, 5.74) is 12.3. The molecule has 1 aromatic carbocycles. The number of nitrogens with one attached hydrogen (secondary N) is 1.